The molecule has 0 saturated carbocycles. The molecule has 2 aromatic carbocycles. The van der Waals surface area contributed by atoms with Gasteiger partial charge in [-0.1, -0.05) is 41.9 Å². The molecule has 2 heterocycles. The summed E-state index contributed by atoms with van der Waals surface area (Å²) in [6.07, 6.45) is -4.46. The van der Waals surface area contributed by atoms with Crippen LogP contribution in [0.15, 0.2) is 58.8 Å². The molecular formula is C22H20ClF3N2O3S2. The molecule has 1 N–H and O–H groups in total. The third kappa shape index (κ3) is 5.46. The fourth-order valence-electron chi connectivity index (χ4n) is 3.59. The van der Waals surface area contributed by atoms with Gasteiger partial charge in [0.2, 0.25) is 0 Å². The molecule has 1 saturated heterocycles. The van der Waals surface area contributed by atoms with Gasteiger partial charge in [-0.2, -0.15) is 13.2 Å². The zero-order valence-electron chi connectivity index (χ0n) is 17.4. The van der Waals surface area contributed by atoms with E-state index in [0.717, 1.165) is 35.1 Å². The highest BCUT2D eigenvalue weighted by Crippen LogP contribution is 2.41. The molecule has 4 rings (SSSR count). The van der Waals surface area contributed by atoms with E-state index < -0.39 is 33.6 Å². The van der Waals surface area contributed by atoms with E-state index in [1.54, 1.807) is 12.1 Å². The van der Waals surface area contributed by atoms with Crippen molar-refractivity contribution in [3.05, 3.63) is 64.5 Å². The summed E-state index contributed by atoms with van der Waals surface area (Å²) in [7, 11) is -2.23. The Bertz CT molecular complexity index is 1250. The van der Waals surface area contributed by atoms with Crippen LogP contribution in [0.4, 0.5) is 18.9 Å². The number of ether oxygens (including phenoxy) is 1. The molecule has 11 heteroatoms. The highest BCUT2D eigenvalue weighted by Gasteiger charge is 2.36. The Morgan fingerprint density at radius 3 is 2.52 bits per heavy atom. The van der Waals surface area contributed by atoms with Crippen LogP contribution in [0.1, 0.15) is 12.0 Å². The van der Waals surface area contributed by atoms with E-state index in [9.17, 15) is 21.6 Å². The number of hydrogen-bond donors (Lipinski definition) is 1. The van der Waals surface area contributed by atoms with Crippen LogP contribution < -0.4 is 9.46 Å². The van der Waals surface area contributed by atoms with E-state index in [1.165, 1.54) is 6.07 Å². The summed E-state index contributed by atoms with van der Waals surface area (Å²) < 4.78 is 74.6. The maximum atomic E-state index is 13.5. The van der Waals surface area contributed by atoms with E-state index in [2.05, 4.69) is 4.72 Å². The summed E-state index contributed by atoms with van der Waals surface area (Å²) >= 11 is 7.14. The molecule has 0 bridgehead atoms. The molecule has 1 aromatic heterocycles. The zero-order valence-corrected chi connectivity index (χ0v) is 19.8. The third-order valence-electron chi connectivity index (χ3n) is 5.19. The first-order valence-electron chi connectivity index (χ1n) is 9.97. The molecule has 1 atom stereocenters. The monoisotopic (exact) mass is 516 g/mol. The lowest BCUT2D eigenvalue weighted by Crippen LogP contribution is -2.23. The molecule has 0 radical (unpaired) electrons. The molecule has 176 valence electrons. The van der Waals surface area contributed by atoms with Crippen LogP contribution in [0.25, 0.3) is 11.1 Å². The molecule has 5 nitrogen and oxygen atoms in total. The number of rotatable bonds is 6. The number of benzene rings is 2. The van der Waals surface area contributed by atoms with Gasteiger partial charge in [0.1, 0.15) is 20.4 Å². The Balaban J connectivity index is 1.62. The second-order valence-electron chi connectivity index (χ2n) is 7.72. The number of alkyl halides is 3. The molecule has 0 unspecified atom stereocenters. The van der Waals surface area contributed by atoms with Crippen molar-refractivity contribution in [3.8, 4) is 16.9 Å². The fourth-order valence-corrected chi connectivity index (χ4v) is 6.40. The van der Waals surface area contributed by atoms with E-state index in [-0.39, 0.29) is 9.90 Å². The molecule has 1 fully saturated rings. The van der Waals surface area contributed by atoms with Gasteiger partial charge in [0.15, 0.2) is 0 Å². The minimum Gasteiger partial charge on any atom is -0.488 e. The van der Waals surface area contributed by atoms with Gasteiger partial charge in [0, 0.05) is 24.7 Å². The Morgan fingerprint density at radius 1 is 1.15 bits per heavy atom. The van der Waals surface area contributed by atoms with Crippen LogP contribution in [0, 0.1) is 0 Å². The van der Waals surface area contributed by atoms with Crippen molar-refractivity contribution in [1.29, 1.82) is 0 Å². The van der Waals surface area contributed by atoms with Crippen molar-refractivity contribution in [3.63, 3.8) is 0 Å². The SMILES string of the molecule is CN1CC[C@@H](Oc2cc(NS(=O)(=O)c3cc(-c4ccccc4)c(Cl)s3)ccc2C(F)(F)F)C1. The molecule has 3 aromatic rings. The largest absolute Gasteiger partial charge is 0.488 e. The number of thiophene rings is 1. The van der Waals surface area contributed by atoms with Crippen LogP contribution in [0.2, 0.25) is 4.34 Å². The summed E-state index contributed by atoms with van der Waals surface area (Å²) in [5.41, 5.74) is 0.331. The van der Waals surface area contributed by atoms with Gasteiger partial charge < -0.3 is 9.64 Å². The Labute approximate surface area is 198 Å². The Kier molecular flexibility index (Phi) is 6.63. The van der Waals surface area contributed by atoms with Gasteiger partial charge in [0.25, 0.3) is 10.0 Å². The number of likely N-dealkylation sites (tertiary alicyclic amines) is 1. The topological polar surface area (TPSA) is 58.6 Å². The van der Waals surface area contributed by atoms with Crippen LogP contribution >= 0.6 is 22.9 Å². The van der Waals surface area contributed by atoms with Gasteiger partial charge in [-0.05, 0) is 37.2 Å². The lowest BCUT2D eigenvalue weighted by atomic mass is 10.1. The standard InChI is InChI=1S/C22H20ClF3N2O3S2/c1-28-10-9-16(13-28)31-19-11-15(7-8-18(19)22(24,25)26)27-33(29,30)20-12-17(21(23)32-20)14-5-3-2-4-6-14/h2-8,11-12,16,27H,9-10,13H2,1H3/t16-/m1/s1. The highest BCUT2D eigenvalue weighted by atomic mass is 35.5. The van der Waals surface area contributed by atoms with Gasteiger partial charge >= 0.3 is 6.18 Å². The fraction of sp³-hybridized carbons (Fsp3) is 0.273. The van der Waals surface area contributed by atoms with E-state index in [0.29, 0.717) is 29.4 Å². The second kappa shape index (κ2) is 9.17. The van der Waals surface area contributed by atoms with Crippen LogP contribution in [0.3, 0.4) is 0 Å². The molecule has 0 aliphatic carbocycles. The maximum Gasteiger partial charge on any atom is 0.419 e. The zero-order chi connectivity index (χ0) is 23.8. The van der Waals surface area contributed by atoms with Crippen LogP contribution in [-0.2, 0) is 16.2 Å². The molecule has 0 spiro atoms. The maximum absolute atomic E-state index is 13.5. The minimum atomic E-state index is -4.64. The first-order valence-corrected chi connectivity index (χ1v) is 12.6. The van der Waals surface area contributed by atoms with Crippen molar-refractivity contribution >= 4 is 38.6 Å². The summed E-state index contributed by atoms with van der Waals surface area (Å²) in [6.45, 7) is 1.20. The Morgan fingerprint density at radius 2 is 1.88 bits per heavy atom. The smallest absolute Gasteiger partial charge is 0.419 e. The lowest BCUT2D eigenvalue weighted by molar-refractivity contribution is -0.139. The molecule has 0 amide bonds. The first-order chi connectivity index (χ1) is 15.5. The first kappa shape index (κ1) is 23.9. The summed E-state index contributed by atoms with van der Waals surface area (Å²) in [6, 6.07) is 13.5. The molecule has 1 aliphatic rings. The second-order valence-corrected chi connectivity index (χ2v) is 11.3. The predicted octanol–water partition coefficient (Wildman–Crippen LogP) is 5.97. The summed E-state index contributed by atoms with van der Waals surface area (Å²) in [5, 5.41) is 0. The van der Waals surface area contributed by atoms with Gasteiger partial charge in [0.05, 0.1) is 11.3 Å². The van der Waals surface area contributed by atoms with Crippen LogP contribution in [0.5, 0.6) is 5.75 Å². The van der Waals surface area contributed by atoms with Gasteiger partial charge in [-0.25, -0.2) is 8.42 Å². The number of halogens is 4. The summed E-state index contributed by atoms with van der Waals surface area (Å²) in [4.78, 5) is 1.95. The average Bonchev–Trinajstić information content (AvgIpc) is 3.33. The number of hydrogen-bond acceptors (Lipinski definition) is 5. The van der Waals surface area contributed by atoms with Crippen molar-refractivity contribution in [2.75, 3.05) is 24.9 Å². The van der Waals surface area contributed by atoms with Crippen molar-refractivity contribution < 1.29 is 26.3 Å². The number of anilines is 1. The van der Waals surface area contributed by atoms with Crippen molar-refractivity contribution in [1.82, 2.24) is 4.90 Å². The summed E-state index contributed by atoms with van der Waals surface area (Å²) in [5.74, 6) is -0.405. The van der Waals surface area contributed by atoms with E-state index in [1.807, 2.05) is 30.1 Å². The number of sulfonamides is 1. The average molecular weight is 517 g/mol. The quantitative estimate of drug-likeness (QED) is 0.438. The van der Waals surface area contributed by atoms with E-state index in [4.69, 9.17) is 16.3 Å². The molecular weight excluding hydrogens is 497 g/mol. The number of nitrogens with zero attached hydrogens (tertiary/aromatic N) is 1. The molecule has 1 aliphatic heterocycles. The third-order valence-corrected chi connectivity index (χ3v) is 8.41. The number of likely N-dealkylation sites (N-methyl/N-ethyl adjacent to an activating group) is 1. The number of nitrogens with one attached hydrogen (secondary N) is 1. The predicted molar refractivity (Wildman–Crippen MR) is 124 cm³/mol. The van der Waals surface area contributed by atoms with E-state index >= 15 is 0 Å². The van der Waals surface area contributed by atoms with Crippen molar-refractivity contribution in [2.45, 2.75) is 22.9 Å². The molecule has 33 heavy (non-hydrogen) atoms. The minimum absolute atomic E-state index is 0.0323. The van der Waals surface area contributed by atoms with Gasteiger partial charge in [-0.15, -0.1) is 11.3 Å². The van der Waals surface area contributed by atoms with Crippen molar-refractivity contribution in [2.24, 2.45) is 0 Å². The lowest BCUT2D eigenvalue weighted by Gasteiger charge is -2.19. The highest BCUT2D eigenvalue weighted by molar-refractivity contribution is 7.94. The van der Waals surface area contributed by atoms with Crippen LogP contribution in [-0.4, -0.2) is 39.6 Å². The normalized spacial score (nSPS) is 17.3. The van der Waals surface area contributed by atoms with Gasteiger partial charge in [-0.3, -0.25) is 4.72 Å². The Hall–Kier alpha value is -2.27.